The van der Waals surface area contributed by atoms with Crippen molar-refractivity contribution in [3.05, 3.63) is 22.4 Å². The smallest absolute Gasteiger partial charge is 0.152 e. The summed E-state index contributed by atoms with van der Waals surface area (Å²) in [5.74, 6) is 0.830. The first-order chi connectivity index (χ1) is 8.76. The fraction of sp³-hybridized carbons (Fsp3) is 0.615. The monoisotopic (exact) mass is 313 g/mol. The van der Waals surface area contributed by atoms with Gasteiger partial charge in [-0.15, -0.1) is 0 Å². The zero-order valence-electron chi connectivity index (χ0n) is 10.9. The summed E-state index contributed by atoms with van der Waals surface area (Å²) in [6, 6.07) is 2.49. The molecule has 18 heavy (non-hydrogen) atoms. The predicted octanol–water partition coefficient (Wildman–Crippen LogP) is 2.90. The van der Waals surface area contributed by atoms with Gasteiger partial charge in [-0.1, -0.05) is 6.42 Å². The second kappa shape index (κ2) is 6.50. The fourth-order valence-corrected chi connectivity index (χ4v) is 2.76. The molecule has 0 radical (unpaired) electrons. The SMILES string of the molecule is CCOc1cc([C@H]2CCCCN2NC)cnc1Br. The van der Waals surface area contributed by atoms with Gasteiger partial charge in [-0.3, -0.25) is 5.43 Å². The minimum Gasteiger partial charge on any atom is -0.491 e. The molecule has 1 atom stereocenters. The standard InChI is InChI=1S/C13H20BrN3O/c1-3-18-12-8-10(9-16-13(12)14)11-6-4-5-7-17(11)15-2/h8-9,11,15H,3-7H2,1-2H3/t11-/m1/s1. The molecule has 1 saturated heterocycles. The highest BCUT2D eigenvalue weighted by atomic mass is 79.9. The molecule has 0 unspecified atom stereocenters. The molecule has 0 aromatic carbocycles. The largest absolute Gasteiger partial charge is 0.491 e. The van der Waals surface area contributed by atoms with E-state index in [1.54, 1.807) is 0 Å². The number of nitrogens with one attached hydrogen (secondary N) is 1. The second-order valence-electron chi connectivity index (χ2n) is 4.42. The Morgan fingerprint density at radius 1 is 1.56 bits per heavy atom. The molecule has 0 saturated carbocycles. The first kappa shape index (κ1) is 13.8. The highest BCUT2D eigenvalue weighted by Crippen LogP contribution is 2.32. The number of ether oxygens (including phenoxy) is 1. The number of nitrogens with zero attached hydrogens (tertiary/aromatic N) is 2. The molecule has 4 nitrogen and oxygen atoms in total. The number of rotatable bonds is 4. The molecule has 100 valence electrons. The summed E-state index contributed by atoms with van der Waals surface area (Å²) in [6.07, 6.45) is 5.62. The molecule has 1 aromatic rings. The third-order valence-electron chi connectivity index (χ3n) is 3.30. The van der Waals surface area contributed by atoms with Gasteiger partial charge < -0.3 is 4.74 Å². The lowest BCUT2D eigenvalue weighted by Crippen LogP contribution is -2.41. The topological polar surface area (TPSA) is 37.4 Å². The maximum absolute atomic E-state index is 5.59. The van der Waals surface area contributed by atoms with Crippen LogP contribution < -0.4 is 10.2 Å². The van der Waals surface area contributed by atoms with Crippen molar-refractivity contribution >= 4 is 15.9 Å². The van der Waals surface area contributed by atoms with Crippen LogP contribution in [0.1, 0.15) is 37.8 Å². The highest BCUT2D eigenvalue weighted by molar-refractivity contribution is 9.10. The second-order valence-corrected chi connectivity index (χ2v) is 5.17. The van der Waals surface area contributed by atoms with Crippen molar-refractivity contribution < 1.29 is 4.74 Å². The van der Waals surface area contributed by atoms with E-state index in [1.807, 2.05) is 20.2 Å². The molecule has 5 heteroatoms. The summed E-state index contributed by atoms with van der Waals surface area (Å²) in [5, 5.41) is 2.28. The van der Waals surface area contributed by atoms with Gasteiger partial charge in [0.15, 0.2) is 5.75 Å². The van der Waals surface area contributed by atoms with Gasteiger partial charge in [-0.25, -0.2) is 9.99 Å². The lowest BCUT2D eigenvalue weighted by Gasteiger charge is -2.35. The third kappa shape index (κ3) is 3.02. The van der Waals surface area contributed by atoms with E-state index in [-0.39, 0.29) is 0 Å². The van der Waals surface area contributed by atoms with Crippen molar-refractivity contribution in [3.8, 4) is 5.75 Å². The summed E-state index contributed by atoms with van der Waals surface area (Å²) in [5.41, 5.74) is 4.49. The number of pyridine rings is 1. The Balaban J connectivity index is 2.23. The fourth-order valence-electron chi connectivity index (χ4n) is 2.43. The van der Waals surface area contributed by atoms with Crippen molar-refractivity contribution in [1.82, 2.24) is 15.4 Å². The highest BCUT2D eigenvalue weighted by Gasteiger charge is 2.24. The normalized spacial score (nSPS) is 20.9. The average molecular weight is 314 g/mol. The van der Waals surface area contributed by atoms with Crippen molar-refractivity contribution in [3.63, 3.8) is 0 Å². The number of halogens is 1. The lowest BCUT2D eigenvalue weighted by atomic mass is 9.98. The lowest BCUT2D eigenvalue weighted by molar-refractivity contribution is 0.0980. The zero-order valence-corrected chi connectivity index (χ0v) is 12.5. The van der Waals surface area contributed by atoms with E-state index in [4.69, 9.17) is 4.74 Å². The van der Waals surface area contributed by atoms with E-state index in [9.17, 15) is 0 Å². The van der Waals surface area contributed by atoms with Gasteiger partial charge in [0.1, 0.15) is 4.60 Å². The summed E-state index contributed by atoms with van der Waals surface area (Å²) in [4.78, 5) is 4.38. The van der Waals surface area contributed by atoms with Gasteiger partial charge in [0.2, 0.25) is 0 Å². The Morgan fingerprint density at radius 3 is 3.11 bits per heavy atom. The number of hydrogen-bond donors (Lipinski definition) is 1. The molecule has 2 rings (SSSR count). The summed E-state index contributed by atoms with van der Waals surface area (Å²) in [7, 11) is 1.98. The quantitative estimate of drug-likeness (QED) is 0.867. The molecule has 0 spiro atoms. The molecule has 1 N–H and O–H groups in total. The van der Waals surface area contributed by atoms with Crippen LogP contribution in [0.2, 0.25) is 0 Å². The average Bonchev–Trinajstić information content (AvgIpc) is 2.41. The molecule has 2 heterocycles. The molecule has 1 aliphatic rings. The van der Waals surface area contributed by atoms with Crippen LogP contribution in [0, 0.1) is 0 Å². The van der Waals surface area contributed by atoms with Crippen molar-refractivity contribution in [2.75, 3.05) is 20.2 Å². The van der Waals surface area contributed by atoms with Crippen molar-refractivity contribution in [2.24, 2.45) is 0 Å². The van der Waals surface area contributed by atoms with E-state index >= 15 is 0 Å². The van der Waals surface area contributed by atoms with Crippen molar-refractivity contribution in [1.29, 1.82) is 0 Å². The zero-order chi connectivity index (χ0) is 13.0. The van der Waals surface area contributed by atoms with E-state index in [0.717, 1.165) is 23.3 Å². The van der Waals surface area contributed by atoms with Crippen LogP contribution in [-0.4, -0.2) is 30.2 Å². The molecule has 0 amide bonds. The van der Waals surface area contributed by atoms with Gasteiger partial charge >= 0.3 is 0 Å². The van der Waals surface area contributed by atoms with Gasteiger partial charge in [0.05, 0.1) is 12.6 Å². The number of hydrogen-bond acceptors (Lipinski definition) is 4. The van der Waals surface area contributed by atoms with Crippen LogP contribution in [-0.2, 0) is 0 Å². The van der Waals surface area contributed by atoms with E-state index in [0.29, 0.717) is 12.6 Å². The van der Waals surface area contributed by atoms with E-state index < -0.39 is 0 Å². The van der Waals surface area contributed by atoms with E-state index in [1.165, 1.54) is 18.4 Å². The maximum atomic E-state index is 5.59. The number of piperidine rings is 1. The Hall–Kier alpha value is -0.650. The maximum Gasteiger partial charge on any atom is 0.152 e. The van der Waals surface area contributed by atoms with Gasteiger partial charge in [-0.05, 0) is 54.4 Å². The van der Waals surface area contributed by atoms with Gasteiger partial charge in [-0.2, -0.15) is 0 Å². The molecule has 1 aliphatic heterocycles. The van der Waals surface area contributed by atoms with Crippen LogP contribution in [0.15, 0.2) is 16.9 Å². The Kier molecular flexibility index (Phi) is 4.97. The number of hydrazine groups is 1. The molecule has 1 fully saturated rings. The summed E-state index contributed by atoms with van der Waals surface area (Å²) >= 11 is 3.42. The van der Waals surface area contributed by atoms with Crippen LogP contribution in [0.3, 0.4) is 0 Å². The van der Waals surface area contributed by atoms with Gasteiger partial charge in [0.25, 0.3) is 0 Å². The molecule has 0 aliphatic carbocycles. The van der Waals surface area contributed by atoms with Gasteiger partial charge in [0, 0.05) is 12.7 Å². The summed E-state index contributed by atoms with van der Waals surface area (Å²) in [6.45, 7) is 3.73. The molecular formula is C13H20BrN3O. The van der Waals surface area contributed by atoms with Crippen molar-refractivity contribution in [2.45, 2.75) is 32.2 Å². The Bertz CT molecular complexity index is 400. The third-order valence-corrected chi connectivity index (χ3v) is 3.90. The van der Waals surface area contributed by atoms with Crippen LogP contribution in [0.25, 0.3) is 0 Å². The predicted molar refractivity (Wildman–Crippen MR) is 75.5 cm³/mol. The molecular weight excluding hydrogens is 294 g/mol. The van der Waals surface area contributed by atoms with Crippen LogP contribution >= 0.6 is 15.9 Å². The minimum absolute atomic E-state index is 0.392. The number of aromatic nitrogens is 1. The molecule has 0 bridgehead atoms. The van der Waals surface area contributed by atoms with Crippen LogP contribution in [0.5, 0.6) is 5.75 Å². The first-order valence-corrected chi connectivity index (χ1v) is 7.27. The van der Waals surface area contributed by atoms with E-state index in [2.05, 4.69) is 37.4 Å². The first-order valence-electron chi connectivity index (χ1n) is 6.48. The summed E-state index contributed by atoms with van der Waals surface area (Å²) < 4.78 is 6.37. The van der Waals surface area contributed by atoms with Crippen LogP contribution in [0.4, 0.5) is 0 Å². The minimum atomic E-state index is 0.392. The molecule has 1 aromatic heterocycles. The Morgan fingerprint density at radius 2 is 2.39 bits per heavy atom. The Labute approximate surface area is 117 Å².